The summed E-state index contributed by atoms with van der Waals surface area (Å²) >= 11 is 6.14. The molecule has 1 saturated carbocycles. The Morgan fingerprint density at radius 3 is 2.71 bits per heavy atom. The first kappa shape index (κ1) is 13.8. The average molecular weight is 305 g/mol. The maximum atomic E-state index is 12.2. The maximum absolute atomic E-state index is 12.2. The molecule has 1 heterocycles. The highest BCUT2D eigenvalue weighted by Crippen LogP contribution is 2.33. The molecule has 1 aliphatic rings. The number of carboxylic acids is 1. The normalized spacial score (nSPS) is 15.7. The number of fused-ring (bicyclic) bond motifs is 1. The van der Waals surface area contributed by atoms with Crippen molar-refractivity contribution in [1.29, 1.82) is 0 Å². The Labute approximate surface area is 125 Å². The van der Waals surface area contributed by atoms with E-state index in [9.17, 15) is 9.59 Å². The number of hydrogen-bond donors (Lipinski definition) is 2. The quantitative estimate of drug-likeness (QED) is 0.909. The van der Waals surface area contributed by atoms with E-state index in [1.54, 1.807) is 12.1 Å². The highest BCUT2D eigenvalue weighted by molar-refractivity contribution is 6.35. The van der Waals surface area contributed by atoms with Gasteiger partial charge >= 0.3 is 5.97 Å². The molecule has 2 N–H and O–H groups in total. The third kappa shape index (κ3) is 2.83. The van der Waals surface area contributed by atoms with E-state index < -0.39 is 17.9 Å². The van der Waals surface area contributed by atoms with Crippen LogP contribution in [-0.2, 0) is 4.79 Å². The first-order valence-corrected chi connectivity index (χ1v) is 7.03. The summed E-state index contributed by atoms with van der Waals surface area (Å²) in [5.74, 6) is -1.51. The van der Waals surface area contributed by atoms with Crippen molar-refractivity contribution in [1.82, 2.24) is 10.3 Å². The SMILES string of the molecule is O=C(NC(C(=O)O)C1CC1)c1cc(Cl)c2ccccc2n1. The molecule has 21 heavy (non-hydrogen) atoms. The van der Waals surface area contributed by atoms with Gasteiger partial charge in [0.1, 0.15) is 11.7 Å². The molecule has 108 valence electrons. The van der Waals surface area contributed by atoms with E-state index in [1.807, 2.05) is 12.1 Å². The zero-order chi connectivity index (χ0) is 15.0. The number of nitrogens with zero attached hydrogens (tertiary/aromatic N) is 1. The van der Waals surface area contributed by atoms with Crippen LogP contribution in [0.2, 0.25) is 5.02 Å². The molecular weight excluding hydrogens is 292 g/mol. The molecule has 0 bridgehead atoms. The molecule has 0 radical (unpaired) electrons. The van der Waals surface area contributed by atoms with Gasteiger partial charge in [0.2, 0.25) is 0 Å². The molecule has 0 aliphatic heterocycles. The zero-order valence-electron chi connectivity index (χ0n) is 11.0. The summed E-state index contributed by atoms with van der Waals surface area (Å²) < 4.78 is 0. The minimum Gasteiger partial charge on any atom is -0.480 e. The van der Waals surface area contributed by atoms with Gasteiger partial charge in [-0.1, -0.05) is 29.8 Å². The van der Waals surface area contributed by atoms with Crippen LogP contribution in [0, 0.1) is 5.92 Å². The van der Waals surface area contributed by atoms with E-state index in [-0.39, 0.29) is 11.6 Å². The van der Waals surface area contributed by atoms with Crippen molar-refractivity contribution in [3.8, 4) is 0 Å². The predicted octanol–water partition coefficient (Wildman–Crippen LogP) is 2.48. The van der Waals surface area contributed by atoms with E-state index >= 15 is 0 Å². The van der Waals surface area contributed by atoms with Gasteiger partial charge in [0.15, 0.2) is 0 Å². The number of benzene rings is 1. The fourth-order valence-corrected chi connectivity index (χ4v) is 2.54. The number of pyridine rings is 1. The van der Waals surface area contributed by atoms with Crippen LogP contribution in [0.1, 0.15) is 23.3 Å². The van der Waals surface area contributed by atoms with Crippen LogP contribution >= 0.6 is 11.6 Å². The molecule has 1 aromatic heterocycles. The molecule has 1 amide bonds. The molecule has 0 saturated heterocycles. The fourth-order valence-electron chi connectivity index (χ4n) is 2.28. The van der Waals surface area contributed by atoms with Crippen molar-refractivity contribution in [2.75, 3.05) is 0 Å². The molecule has 1 fully saturated rings. The maximum Gasteiger partial charge on any atom is 0.326 e. The molecule has 0 spiro atoms. The Kier molecular flexibility index (Phi) is 3.51. The number of carboxylic acid groups (broad SMARTS) is 1. The number of carbonyl (C=O) groups excluding carboxylic acids is 1. The van der Waals surface area contributed by atoms with Gasteiger partial charge in [-0.3, -0.25) is 4.79 Å². The van der Waals surface area contributed by atoms with Crippen LogP contribution in [0.25, 0.3) is 10.9 Å². The van der Waals surface area contributed by atoms with Gasteiger partial charge in [-0.25, -0.2) is 9.78 Å². The Morgan fingerprint density at radius 2 is 2.05 bits per heavy atom. The first-order chi connectivity index (χ1) is 10.1. The van der Waals surface area contributed by atoms with Crippen molar-refractivity contribution >= 4 is 34.4 Å². The lowest BCUT2D eigenvalue weighted by Crippen LogP contribution is -2.42. The van der Waals surface area contributed by atoms with Gasteiger partial charge in [0.25, 0.3) is 5.91 Å². The average Bonchev–Trinajstić information content (AvgIpc) is 3.28. The Morgan fingerprint density at radius 1 is 1.33 bits per heavy atom. The fraction of sp³-hybridized carbons (Fsp3) is 0.267. The zero-order valence-corrected chi connectivity index (χ0v) is 11.8. The summed E-state index contributed by atoms with van der Waals surface area (Å²) in [6.45, 7) is 0. The number of para-hydroxylation sites is 1. The molecule has 1 atom stereocenters. The van der Waals surface area contributed by atoms with Gasteiger partial charge in [-0.15, -0.1) is 0 Å². The number of nitrogens with one attached hydrogen (secondary N) is 1. The Hall–Kier alpha value is -2.14. The van der Waals surface area contributed by atoms with Crippen LogP contribution in [0.5, 0.6) is 0 Å². The number of halogens is 1. The second-order valence-corrected chi connectivity index (χ2v) is 5.54. The lowest BCUT2D eigenvalue weighted by molar-refractivity contribution is -0.139. The minimum atomic E-state index is -1.02. The number of aliphatic carboxylic acids is 1. The molecule has 2 aromatic rings. The number of carbonyl (C=O) groups is 2. The van der Waals surface area contributed by atoms with Crippen LogP contribution in [0.4, 0.5) is 0 Å². The van der Waals surface area contributed by atoms with Gasteiger partial charge in [-0.2, -0.15) is 0 Å². The number of hydrogen-bond acceptors (Lipinski definition) is 3. The lowest BCUT2D eigenvalue weighted by Gasteiger charge is -2.13. The summed E-state index contributed by atoms with van der Waals surface area (Å²) in [5, 5.41) is 12.8. The van der Waals surface area contributed by atoms with E-state index in [4.69, 9.17) is 16.7 Å². The van der Waals surface area contributed by atoms with Crippen molar-refractivity contribution in [3.05, 3.63) is 41.0 Å². The number of rotatable bonds is 4. The lowest BCUT2D eigenvalue weighted by atomic mass is 10.1. The summed E-state index contributed by atoms with van der Waals surface area (Å²) in [7, 11) is 0. The van der Waals surface area contributed by atoms with Gasteiger partial charge in [-0.05, 0) is 30.9 Å². The van der Waals surface area contributed by atoms with E-state index in [2.05, 4.69) is 10.3 Å². The Balaban J connectivity index is 1.89. The van der Waals surface area contributed by atoms with Crippen molar-refractivity contribution in [2.45, 2.75) is 18.9 Å². The monoisotopic (exact) mass is 304 g/mol. The van der Waals surface area contributed by atoms with Gasteiger partial charge in [0.05, 0.1) is 10.5 Å². The first-order valence-electron chi connectivity index (χ1n) is 6.65. The Bertz CT molecular complexity index is 728. The summed E-state index contributed by atoms with van der Waals surface area (Å²) in [6, 6.07) is 7.82. The second kappa shape index (κ2) is 5.33. The second-order valence-electron chi connectivity index (χ2n) is 5.13. The molecule has 1 aliphatic carbocycles. The van der Waals surface area contributed by atoms with Crippen molar-refractivity contribution in [2.24, 2.45) is 5.92 Å². The third-order valence-corrected chi connectivity index (χ3v) is 3.86. The predicted molar refractivity (Wildman–Crippen MR) is 78.4 cm³/mol. The summed E-state index contributed by atoms with van der Waals surface area (Å²) in [6.07, 6.45) is 1.65. The summed E-state index contributed by atoms with van der Waals surface area (Å²) in [4.78, 5) is 27.6. The standard InChI is InChI=1S/C15H13ClN2O3/c16-10-7-12(17-11-4-2-1-3-9(10)11)14(19)18-13(15(20)21)8-5-6-8/h1-4,7-8,13H,5-6H2,(H,18,19)(H,20,21). The molecular formula is C15H13ClN2O3. The van der Waals surface area contributed by atoms with E-state index in [0.717, 1.165) is 18.2 Å². The molecule has 1 aromatic carbocycles. The van der Waals surface area contributed by atoms with Crippen molar-refractivity contribution in [3.63, 3.8) is 0 Å². The van der Waals surface area contributed by atoms with Crippen LogP contribution < -0.4 is 5.32 Å². The smallest absolute Gasteiger partial charge is 0.326 e. The summed E-state index contributed by atoms with van der Waals surface area (Å²) in [5.41, 5.74) is 0.735. The largest absolute Gasteiger partial charge is 0.480 e. The van der Waals surface area contributed by atoms with Crippen LogP contribution in [-0.4, -0.2) is 28.0 Å². The number of amides is 1. The molecule has 1 unspecified atom stereocenters. The van der Waals surface area contributed by atoms with Gasteiger partial charge in [0, 0.05) is 5.39 Å². The topological polar surface area (TPSA) is 79.3 Å². The van der Waals surface area contributed by atoms with E-state index in [0.29, 0.717) is 10.5 Å². The molecule has 6 heteroatoms. The third-order valence-electron chi connectivity index (χ3n) is 3.54. The molecule has 3 rings (SSSR count). The van der Waals surface area contributed by atoms with Crippen molar-refractivity contribution < 1.29 is 14.7 Å². The number of aromatic nitrogens is 1. The molecule has 5 nitrogen and oxygen atoms in total. The van der Waals surface area contributed by atoms with E-state index in [1.165, 1.54) is 6.07 Å². The van der Waals surface area contributed by atoms with Gasteiger partial charge < -0.3 is 10.4 Å². The van der Waals surface area contributed by atoms with Crippen LogP contribution in [0.3, 0.4) is 0 Å². The van der Waals surface area contributed by atoms with Crippen LogP contribution in [0.15, 0.2) is 30.3 Å². The minimum absolute atomic E-state index is 0.0161. The highest BCUT2D eigenvalue weighted by Gasteiger charge is 2.37. The highest BCUT2D eigenvalue weighted by atomic mass is 35.5.